The number of aromatic nitrogens is 3. The maximum absolute atomic E-state index is 12.3. The van der Waals surface area contributed by atoms with Crippen molar-refractivity contribution in [2.45, 2.75) is 19.4 Å². The number of carbonyl (C=O) groups excluding carboxylic acids is 1. The Morgan fingerprint density at radius 1 is 1.52 bits per heavy atom. The Balaban J connectivity index is 2.14. The Morgan fingerprint density at radius 3 is 3.10 bits per heavy atom. The molecule has 0 spiro atoms. The average molecular weight is 284 g/mol. The third-order valence-corrected chi connectivity index (χ3v) is 2.80. The minimum atomic E-state index is -0.241. The average Bonchev–Trinajstić information content (AvgIpc) is 3.02. The largest absolute Gasteiger partial charge is 0.395 e. The van der Waals surface area contributed by atoms with Gasteiger partial charge < -0.3 is 15.4 Å². The summed E-state index contributed by atoms with van der Waals surface area (Å²) in [6.45, 7) is 1.83. The third-order valence-electron chi connectivity index (χ3n) is 2.80. The molecular formula is C15H16N4O2. The van der Waals surface area contributed by atoms with Gasteiger partial charge in [-0.2, -0.15) is 0 Å². The molecule has 2 aromatic heterocycles. The summed E-state index contributed by atoms with van der Waals surface area (Å²) in [6, 6.07) is 1.38. The van der Waals surface area contributed by atoms with Crippen molar-refractivity contribution in [3.8, 4) is 11.8 Å². The molecule has 6 heteroatoms. The number of imidazole rings is 1. The minimum Gasteiger partial charge on any atom is -0.395 e. The van der Waals surface area contributed by atoms with Gasteiger partial charge in [0.2, 0.25) is 0 Å². The topological polar surface area (TPSA) is 90.9 Å². The molecule has 0 bridgehead atoms. The molecule has 0 aliphatic rings. The summed E-state index contributed by atoms with van der Waals surface area (Å²) < 4.78 is 0. The van der Waals surface area contributed by atoms with E-state index in [0.717, 1.165) is 0 Å². The lowest BCUT2D eigenvalue weighted by molar-refractivity contribution is 0.0938. The van der Waals surface area contributed by atoms with E-state index in [1.807, 2.05) is 6.92 Å². The summed E-state index contributed by atoms with van der Waals surface area (Å²) in [5.41, 5.74) is 0.990. The van der Waals surface area contributed by atoms with Gasteiger partial charge in [0.25, 0.3) is 5.91 Å². The first-order valence-corrected chi connectivity index (χ1v) is 6.56. The fourth-order valence-electron chi connectivity index (χ4n) is 1.76. The molecule has 0 radical (unpaired) electrons. The molecule has 0 aliphatic heterocycles. The van der Waals surface area contributed by atoms with Crippen LogP contribution in [0.3, 0.4) is 0 Å². The van der Waals surface area contributed by atoms with E-state index in [4.69, 9.17) is 5.11 Å². The first-order chi connectivity index (χ1) is 10.2. The van der Waals surface area contributed by atoms with Gasteiger partial charge >= 0.3 is 0 Å². The zero-order chi connectivity index (χ0) is 15.1. The molecule has 6 nitrogen and oxygen atoms in total. The number of aliphatic hydroxyl groups excluding tert-OH is 1. The molecule has 1 unspecified atom stereocenters. The SMILES string of the molecule is CC(NC(=O)c1ccncc1C#CCCO)c1ncc[nH]1. The van der Waals surface area contributed by atoms with E-state index in [1.54, 1.807) is 24.7 Å². The first-order valence-electron chi connectivity index (χ1n) is 6.56. The van der Waals surface area contributed by atoms with Crippen molar-refractivity contribution in [2.75, 3.05) is 6.61 Å². The molecule has 2 heterocycles. The van der Waals surface area contributed by atoms with Crippen LogP contribution in [0.15, 0.2) is 30.9 Å². The molecule has 0 saturated heterocycles. The summed E-state index contributed by atoms with van der Waals surface area (Å²) in [5, 5.41) is 11.6. The van der Waals surface area contributed by atoms with E-state index < -0.39 is 0 Å². The van der Waals surface area contributed by atoms with Crippen LogP contribution >= 0.6 is 0 Å². The number of amides is 1. The molecule has 0 fully saturated rings. The lowest BCUT2D eigenvalue weighted by Crippen LogP contribution is -2.28. The monoisotopic (exact) mass is 284 g/mol. The van der Waals surface area contributed by atoms with Gasteiger partial charge in [-0.1, -0.05) is 11.8 Å². The highest BCUT2D eigenvalue weighted by Crippen LogP contribution is 2.10. The van der Waals surface area contributed by atoms with Crippen molar-refractivity contribution in [1.29, 1.82) is 0 Å². The molecule has 3 N–H and O–H groups in total. The highest BCUT2D eigenvalue weighted by atomic mass is 16.2. The predicted octanol–water partition coefficient (Wildman–Crippen LogP) is 1.03. The van der Waals surface area contributed by atoms with Gasteiger partial charge in [0.05, 0.1) is 23.8 Å². The standard InChI is InChI=1S/C15H16N4O2/c1-11(14-17-7-8-18-14)19-15(21)13-5-6-16-10-12(13)4-2-3-9-20/h5-8,10-11,20H,3,9H2,1H3,(H,17,18)(H,19,21). The summed E-state index contributed by atoms with van der Waals surface area (Å²) in [6.07, 6.45) is 6.78. The highest BCUT2D eigenvalue weighted by molar-refractivity contribution is 5.96. The molecule has 21 heavy (non-hydrogen) atoms. The summed E-state index contributed by atoms with van der Waals surface area (Å²) in [5.74, 6) is 6.08. The van der Waals surface area contributed by atoms with Gasteiger partial charge in [-0.25, -0.2) is 4.98 Å². The van der Waals surface area contributed by atoms with Crippen LogP contribution in [0, 0.1) is 11.8 Å². The number of aromatic amines is 1. The molecule has 2 aromatic rings. The number of hydrogen-bond acceptors (Lipinski definition) is 4. The van der Waals surface area contributed by atoms with Gasteiger partial charge in [0.1, 0.15) is 5.82 Å². The molecule has 1 atom stereocenters. The van der Waals surface area contributed by atoms with E-state index in [0.29, 0.717) is 23.4 Å². The van der Waals surface area contributed by atoms with Gasteiger partial charge in [0.15, 0.2) is 0 Å². The van der Waals surface area contributed by atoms with Crippen molar-refractivity contribution in [3.63, 3.8) is 0 Å². The molecular weight excluding hydrogens is 268 g/mol. The number of rotatable bonds is 4. The lowest BCUT2D eigenvalue weighted by atomic mass is 10.1. The third kappa shape index (κ3) is 3.91. The second-order valence-electron chi connectivity index (χ2n) is 4.37. The fourth-order valence-corrected chi connectivity index (χ4v) is 1.76. The highest BCUT2D eigenvalue weighted by Gasteiger charge is 2.15. The van der Waals surface area contributed by atoms with Crippen LogP contribution in [0.25, 0.3) is 0 Å². The van der Waals surface area contributed by atoms with Gasteiger partial charge in [0, 0.05) is 31.2 Å². The summed E-state index contributed by atoms with van der Waals surface area (Å²) in [4.78, 5) is 23.3. The number of aliphatic hydroxyl groups is 1. The van der Waals surface area contributed by atoms with Gasteiger partial charge in [-0.05, 0) is 13.0 Å². The van der Waals surface area contributed by atoms with Crippen LogP contribution in [-0.2, 0) is 0 Å². The summed E-state index contributed by atoms with van der Waals surface area (Å²) in [7, 11) is 0. The maximum atomic E-state index is 12.3. The summed E-state index contributed by atoms with van der Waals surface area (Å²) >= 11 is 0. The number of nitrogens with one attached hydrogen (secondary N) is 2. The van der Waals surface area contributed by atoms with E-state index in [1.165, 1.54) is 6.20 Å². The van der Waals surface area contributed by atoms with Crippen molar-refractivity contribution in [1.82, 2.24) is 20.3 Å². The number of nitrogens with zero attached hydrogens (tertiary/aromatic N) is 2. The quantitative estimate of drug-likeness (QED) is 0.731. The zero-order valence-corrected chi connectivity index (χ0v) is 11.6. The molecule has 0 aromatic carbocycles. The zero-order valence-electron chi connectivity index (χ0n) is 11.6. The van der Waals surface area contributed by atoms with Crippen molar-refractivity contribution >= 4 is 5.91 Å². The molecule has 108 valence electrons. The van der Waals surface area contributed by atoms with E-state index in [9.17, 15) is 4.79 Å². The smallest absolute Gasteiger partial charge is 0.253 e. The molecule has 2 rings (SSSR count). The number of pyridine rings is 1. The minimum absolute atomic E-state index is 0.00960. The second kappa shape index (κ2) is 7.22. The van der Waals surface area contributed by atoms with Gasteiger partial charge in [-0.15, -0.1) is 0 Å². The van der Waals surface area contributed by atoms with Crippen molar-refractivity contribution in [2.24, 2.45) is 0 Å². The van der Waals surface area contributed by atoms with Crippen LogP contribution in [-0.4, -0.2) is 32.6 Å². The molecule has 0 saturated carbocycles. The Hall–Kier alpha value is -2.65. The number of H-pyrrole nitrogens is 1. The van der Waals surface area contributed by atoms with Gasteiger partial charge in [-0.3, -0.25) is 9.78 Å². The lowest BCUT2D eigenvalue weighted by Gasteiger charge is -2.12. The predicted molar refractivity (Wildman–Crippen MR) is 77.3 cm³/mol. The van der Waals surface area contributed by atoms with Crippen LogP contribution in [0.4, 0.5) is 0 Å². The Labute approximate surface area is 122 Å². The van der Waals surface area contributed by atoms with E-state index >= 15 is 0 Å². The molecule has 0 aliphatic carbocycles. The number of carbonyl (C=O) groups is 1. The molecule has 1 amide bonds. The number of hydrogen-bond donors (Lipinski definition) is 3. The van der Waals surface area contributed by atoms with Crippen molar-refractivity contribution in [3.05, 3.63) is 47.8 Å². The Morgan fingerprint density at radius 2 is 2.38 bits per heavy atom. The Kier molecular flexibility index (Phi) is 5.07. The van der Waals surface area contributed by atoms with Crippen LogP contribution in [0.5, 0.6) is 0 Å². The first kappa shape index (κ1) is 14.8. The van der Waals surface area contributed by atoms with Crippen LogP contribution in [0.2, 0.25) is 0 Å². The van der Waals surface area contributed by atoms with Crippen molar-refractivity contribution < 1.29 is 9.90 Å². The second-order valence-corrected chi connectivity index (χ2v) is 4.37. The normalized spacial score (nSPS) is 11.3. The fraction of sp³-hybridized carbons (Fsp3) is 0.267. The van der Waals surface area contributed by atoms with E-state index in [-0.39, 0.29) is 18.6 Å². The van der Waals surface area contributed by atoms with E-state index in [2.05, 4.69) is 32.1 Å². The van der Waals surface area contributed by atoms with Crippen LogP contribution < -0.4 is 5.32 Å². The Bertz CT molecular complexity index is 656. The van der Waals surface area contributed by atoms with Crippen LogP contribution in [0.1, 0.15) is 41.1 Å². The maximum Gasteiger partial charge on any atom is 0.253 e.